The first kappa shape index (κ1) is 13.5. The average molecular weight is 265 g/mol. The summed E-state index contributed by atoms with van der Waals surface area (Å²) in [7, 11) is 2.89. The summed E-state index contributed by atoms with van der Waals surface area (Å²) in [5.74, 6) is -1.08. The van der Waals surface area contributed by atoms with Gasteiger partial charge in [0.2, 0.25) is 5.91 Å². The summed E-state index contributed by atoms with van der Waals surface area (Å²) in [6.45, 7) is 0.273. The molecule has 1 aliphatic carbocycles. The molecule has 2 rings (SSSR count). The number of esters is 1. The molecule has 102 valence electrons. The molecule has 0 heterocycles. The molecule has 0 bridgehead atoms. The van der Waals surface area contributed by atoms with E-state index in [1.54, 1.807) is 19.2 Å². The normalized spacial score (nSPS) is 15.7. The standard InChI is InChI=1S/C14H16FNO3/c1-16(9-10-4-3-5-11(15)8-10)12(17)14(6-7-14)13(18)19-2/h3-5,8H,6-7,9H2,1-2H3. The summed E-state index contributed by atoms with van der Waals surface area (Å²) in [5, 5.41) is 0. The van der Waals surface area contributed by atoms with Gasteiger partial charge in [-0.25, -0.2) is 4.39 Å². The topological polar surface area (TPSA) is 46.6 Å². The predicted octanol–water partition coefficient (Wildman–Crippen LogP) is 1.74. The Bertz CT molecular complexity index is 511. The van der Waals surface area contributed by atoms with E-state index in [1.807, 2.05) is 0 Å². The lowest BCUT2D eigenvalue weighted by Gasteiger charge is -2.22. The van der Waals surface area contributed by atoms with Crippen LogP contribution in [-0.2, 0) is 20.9 Å². The van der Waals surface area contributed by atoms with Gasteiger partial charge in [-0.3, -0.25) is 9.59 Å². The van der Waals surface area contributed by atoms with Crippen LogP contribution in [-0.4, -0.2) is 30.9 Å². The summed E-state index contributed by atoms with van der Waals surface area (Å²) >= 11 is 0. The van der Waals surface area contributed by atoms with Crippen molar-refractivity contribution in [1.82, 2.24) is 4.90 Å². The summed E-state index contributed by atoms with van der Waals surface area (Å²) < 4.78 is 17.7. The summed E-state index contributed by atoms with van der Waals surface area (Å²) in [6.07, 6.45) is 1.04. The molecule has 0 aromatic heterocycles. The predicted molar refractivity (Wildman–Crippen MR) is 66.6 cm³/mol. The SMILES string of the molecule is COC(=O)C1(C(=O)N(C)Cc2cccc(F)c2)CC1. The highest BCUT2D eigenvalue weighted by atomic mass is 19.1. The van der Waals surface area contributed by atoms with Gasteiger partial charge in [0, 0.05) is 13.6 Å². The van der Waals surface area contributed by atoms with Crippen LogP contribution < -0.4 is 0 Å². The van der Waals surface area contributed by atoms with E-state index in [0.29, 0.717) is 18.4 Å². The lowest BCUT2D eigenvalue weighted by Crippen LogP contribution is -2.38. The van der Waals surface area contributed by atoms with Crippen molar-refractivity contribution in [2.24, 2.45) is 5.41 Å². The van der Waals surface area contributed by atoms with Crippen molar-refractivity contribution >= 4 is 11.9 Å². The Kier molecular flexibility index (Phi) is 3.55. The third-order valence-electron chi connectivity index (χ3n) is 3.39. The van der Waals surface area contributed by atoms with Crippen molar-refractivity contribution in [3.63, 3.8) is 0 Å². The van der Waals surface area contributed by atoms with Gasteiger partial charge in [-0.2, -0.15) is 0 Å². The van der Waals surface area contributed by atoms with Crippen molar-refractivity contribution < 1.29 is 18.7 Å². The largest absolute Gasteiger partial charge is 0.468 e. The number of carbonyl (C=O) groups is 2. The Morgan fingerprint density at radius 2 is 2.11 bits per heavy atom. The second-order valence-electron chi connectivity index (χ2n) is 4.86. The van der Waals surface area contributed by atoms with E-state index in [1.165, 1.54) is 24.1 Å². The molecule has 0 unspecified atom stereocenters. The maximum atomic E-state index is 13.1. The second-order valence-corrected chi connectivity index (χ2v) is 4.86. The van der Waals surface area contributed by atoms with Gasteiger partial charge in [0.1, 0.15) is 11.2 Å². The van der Waals surface area contributed by atoms with Crippen LogP contribution in [0.4, 0.5) is 4.39 Å². The number of benzene rings is 1. The zero-order valence-electron chi connectivity index (χ0n) is 11.0. The zero-order chi connectivity index (χ0) is 14.0. The number of ether oxygens (including phenoxy) is 1. The fourth-order valence-electron chi connectivity index (χ4n) is 2.17. The van der Waals surface area contributed by atoms with Crippen LogP contribution in [0, 0.1) is 11.2 Å². The molecule has 1 saturated carbocycles. The molecule has 0 atom stereocenters. The summed E-state index contributed by atoms with van der Waals surface area (Å²) in [6, 6.07) is 6.06. The number of hydrogen-bond donors (Lipinski definition) is 0. The number of nitrogens with zero attached hydrogens (tertiary/aromatic N) is 1. The highest BCUT2D eigenvalue weighted by Crippen LogP contribution is 2.48. The Morgan fingerprint density at radius 1 is 1.42 bits per heavy atom. The smallest absolute Gasteiger partial charge is 0.321 e. The summed E-state index contributed by atoms with van der Waals surface area (Å²) in [4.78, 5) is 25.3. The zero-order valence-corrected chi connectivity index (χ0v) is 11.0. The Labute approximate surface area is 111 Å². The number of hydrogen-bond acceptors (Lipinski definition) is 3. The van der Waals surface area contributed by atoms with Crippen LogP contribution in [0.3, 0.4) is 0 Å². The maximum absolute atomic E-state index is 13.1. The van der Waals surface area contributed by atoms with Gasteiger partial charge in [0.25, 0.3) is 0 Å². The highest BCUT2D eigenvalue weighted by Gasteiger charge is 2.58. The van der Waals surface area contributed by atoms with Crippen molar-refractivity contribution in [3.05, 3.63) is 35.6 Å². The Balaban J connectivity index is 2.06. The molecule has 0 saturated heterocycles. The van der Waals surface area contributed by atoms with E-state index in [4.69, 9.17) is 0 Å². The van der Waals surface area contributed by atoms with Crippen molar-refractivity contribution in [3.8, 4) is 0 Å². The van der Waals surface area contributed by atoms with Crippen LogP contribution in [0.5, 0.6) is 0 Å². The Hall–Kier alpha value is -1.91. The molecule has 0 spiro atoms. The Morgan fingerprint density at radius 3 is 2.63 bits per heavy atom. The highest BCUT2D eigenvalue weighted by molar-refractivity contribution is 6.05. The van der Waals surface area contributed by atoms with E-state index < -0.39 is 11.4 Å². The molecular weight excluding hydrogens is 249 g/mol. The molecule has 0 N–H and O–H groups in total. The fraction of sp³-hybridized carbons (Fsp3) is 0.429. The summed E-state index contributed by atoms with van der Waals surface area (Å²) in [5.41, 5.74) is -0.312. The van der Waals surface area contributed by atoms with Gasteiger partial charge >= 0.3 is 5.97 Å². The van der Waals surface area contributed by atoms with Crippen LogP contribution in [0.2, 0.25) is 0 Å². The molecule has 19 heavy (non-hydrogen) atoms. The van der Waals surface area contributed by atoms with E-state index in [-0.39, 0.29) is 18.3 Å². The molecule has 1 aliphatic rings. The van der Waals surface area contributed by atoms with Crippen LogP contribution in [0.25, 0.3) is 0 Å². The van der Waals surface area contributed by atoms with Gasteiger partial charge < -0.3 is 9.64 Å². The number of carbonyl (C=O) groups excluding carboxylic acids is 2. The first-order chi connectivity index (χ1) is 8.99. The van der Waals surface area contributed by atoms with Gasteiger partial charge in [-0.05, 0) is 30.5 Å². The van der Waals surface area contributed by atoms with Gasteiger partial charge in [0.05, 0.1) is 7.11 Å². The number of rotatable bonds is 4. The van der Waals surface area contributed by atoms with E-state index in [0.717, 1.165) is 0 Å². The van der Waals surface area contributed by atoms with Gasteiger partial charge in [-0.15, -0.1) is 0 Å². The quantitative estimate of drug-likeness (QED) is 0.615. The fourth-order valence-corrected chi connectivity index (χ4v) is 2.17. The van der Waals surface area contributed by atoms with E-state index in [9.17, 15) is 14.0 Å². The third kappa shape index (κ3) is 2.59. The molecule has 1 fully saturated rings. The molecule has 1 amide bonds. The van der Waals surface area contributed by atoms with Crippen LogP contribution >= 0.6 is 0 Å². The number of amides is 1. The third-order valence-corrected chi connectivity index (χ3v) is 3.39. The second kappa shape index (κ2) is 4.99. The lowest BCUT2D eigenvalue weighted by atomic mass is 10.1. The monoisotopic (exact) mass is 265 g/mol. The maximum Gasteiger partial charge on any atom is 0.321 e. The first-order valence-electron chi connectivity index (χ1n) is 6.08. The number of halogens is 1. The minimum atomic E-state index is -1.00. The lowest BCUT2D eigenvalue weighted by molar-refractivity contribution is -0.155. The molecule has 5 heteroatoms. The van der Waals surface area contributed by atoms with E-state index >= 15 is 0 Å². The average Bonchev–Trinajstić information content (AvgIpc) is 3.18. The minimum absolute atomic E-state index is 0.261. The van der Waals surface area contributed by atoms with E-state index in [2.05, 4.69) is 4.74 Å². The number of methoxy groups -OCH3 is 1. The van der Waals surface area contributed by atoms with Crippen LogP contribution in [0.15, 0.2) is 24.3 Å². The van der Waals surface area contributed by atoms with Crippen molar-refractivity contribution in [1.29, 1.82) is 0 Å². The van der Waals surface area contributed by atoms with Crippen molar-refractivity contribution in [2.45, 2.75) is 19.4 Å². The molecule has 1 aromatic rings. The molecule has 4 nitrogen and oxygen atoms in total. The molecule has 0 aliphatic heterocycles. The first-order valence-corrected chi connectivity index (χ1v) is 6.08. The molecule has 0 radical (unpaired) electrons. The van der Waals surface area contributed by atoms with Crippen LogP contribution in [0.1, 0.15) is 18.4 Å². The molecule has 1 aromatic carbocycles. The van der Waals surface area contributed by atoms with Crippen molar-refractivity contribution in [2.75, 3.05) is 14.2 Å². The minimum Gasteiger partial charge on any atom is -0.468 e. The van der Waals surface area contributed by atoms with Gasteiger partial charge in [-0.1, -0.05) is 12.1 Å². The molecular formula is C14H16FNO3. The van der Waals surface area contributed by atoms with Gasteiger partial charge in [0.15, 0.2) is 0 Å².